The van der Waals surface area contributed by atoms with Crippen molar-refractivity contribution in [2.45, 2.75) is 18.9 Å². The molecule has 0 unspecified atom stereocenters. The van der Waals surface area contributed by atoms with Crippen LogP contribution in [0.3, 0.4) is 0 Å². The number of hydrogen-bond acceptors (Lipinski definition) is 4. The fraction of sp³-hybridized carbons (Fsp3) is 0.462. The number of rotatable bonds is 8. The highest BCUT2D eigenvalue weighted by Gasteiger charge is 2.36. The zero-order chi connectivity index (χ0) is 14.3. The molecule has 0 aliphatic carbocycles. The van der Waals surface area contributed by atoms with Gasteiger partial charge in [-0.1, -0.05) is 18.2 Å². The molecule has 2 N–H and O–H groups in total. The van der Waals surface area contributed by atoms with Crippen molar-refractivity contribution >= 4 is 14.7 Å². The van der Waals surface area contributed by atoms with Gasteiger partial charge in [0.15, 0.2) is 0 Å². The van der Waals surface area contributed by atoms with Gasteiger partial charge >= 0.3 is 8.80 Å². The van der Waals surface area contributed by atoms with Crippen molar-refractivity contribution < 1.29 is 18.1 Å². The molecule has 0 saturated carbocycles. The van der Waals surface area contributed by atoms with Gasteiger partial charge in [-0.25, -0.2) is 0 Å². The molecule has 1 amide bonds. The number of amides is 1. The second-order valence-electron chi connectivity index (χ2n) is 4.17. The summed E-state index contributed by atoms with van der Waals surface area (Å²) in [5.74, 6) is -0.399. The maximum Gasteiger partial charge on any atom is 0.500 e. The molecule has 106 valence electrons. The quantitative estimate of drug-likeness (QED) is 0.736. The first-order valence-corrected chi connectivity index (χ1v) is 8.05. The Kier molecular flexibility index (Phi) is 6.17. The van der Waals surface area contributed by atoms with Gasteiger partial charge < -0.3 is 19.0 Å². The summed E-state index contributed by atoms with van der Waals surface area (Å²) in [6.07, 6.45) is 1.55. The van der Waals surface area contributed by atoms with Crippen LogP contribution in [0.1, 0.15) is 22.3 Å². The Morgan fingerprint density at radius 2 is 1.74 bits per heavy atom. The highest BCUT2D eigenvalue weighted by molar-refractivity contribution is 6.60. The van der Waals surface area contributed by atoms with Crippen LogP contribution < -0.4 is 5.73 Å². The van der Waals surface area contributed by atoms with Crippen LogP contribution >= 0.6 is 0 Å². The molecule has 0 aromatic heterocycles. The highest BCUT2D eigenvalue weighted by Crippen LogP contribution is 2.18. The maximum atomic E-state index is 11.3. The molecule has 0 aliphatic rings. The Hall–Kier alpha value is -1.21. The maximum absolute atomic E-state index is 11.3. The molecule has 1 aromatic carbocycles. The molecule has 0 fully saturated rings. The SMILES string of the molecule is CO[Si](CCCc1ccccc1C(N)=O)(OC)OC. The third-order valence-electron chi connectivity index (χ3n) is 3.14. The van der Waals surface area contributed by atoms with Gasteiger partial charge in [-0.2, -0.15) is 0 Å². The van der Waals surface area contributed by atoms with E-state index in [1.807, 2.05) is 18.2 Å². The van der Waals surface area contributed by atoms with E-state index in [9.17, 15) is 4.79 Å². The molecule has 0 aliphatic heterocycles. The number of hydrogen-bond donors (Lipinski definition) is 1. The number of carbonyl (C=O) groups excluding carboxylic acids is 1. The van der Waals surface area contributed by atoms with Gasteiger partial charge in [-0.05, 0) is 24.5 Å². The lowest BCUT2D eigenvalue weighted by atomic mass is 10.0. The van der Waals surface area contributed by atoms with Crippen LogP contribution in [0.15, 0.2) is 24.3 Å². The third-order valence-corrected chi connectivity index (χ3v) is 5.98. The van der Waals surface area contributed by atoms with Gasteiger partial charge in [0.1, 0.15) is 0 Å². The number of carbonyl (C=O) groups is 1. The van der Waals surface area contributed by atoms with Crippen LogP contribution in [0.2, 0.25) is 6.04 Å². The summed E-state index contributed by atoms with van der Waals surface area (Å²) in [7, 11) is 2.25. The minimum atomic E-state index is -2.53. The molecule has 5 nitrogen and oxygen atoms in total. The summed E-state index contributed by atoms with van der Waals surface area (Å²) in [6.45, 7) is 0. The molecule has 1 rings (SSSR count). The largest absolute Gasteiger partial charge is 0.500 e. The molecule has 0 spiro atoms. The summed E-state index contributed by atoms with van der Waals surface area (Å²) in [5.41, 5.74) is 6.86. The van der Waals surface area contributed by atoms with Gasteiger partial charge in [0.05, 0.1) is 0 Å². The van der Waals surface area contributed by atoms with Gasteiger partial charge in [0, 0.05) is 32.9 Å². The standard InChI is InChI=1S/C13H21NO4Si/c1-16-19(17-2,18-3)10-6-8-11-7-4-5-9-12(11)13(14)15/h4-5,7,9H,6,8,10H2,1-3H3,(H2,14,15). The molecule has 6 heteroatoms. The van der Waals surface area contributed by atoms with E-state index >= 15 is 0 Å². The average molecular weight is 283 g/mol. The van der Waals surface area contributed by atoms with Crippen molar-refractivity contribution in [1.29, 1.82) is 0 Å². The fourth-order valence-corrected chi connectivity index (χ4v) is 3.75. The number of aryl methyl sites for hydroxylation is 1. The molecular formula is C13H21NO4Si. The lowest BCUT2D eigenvalue weighted by Crippen LogP contribution is -2.42. The molecule has 19 heavy (non-hydrogen) atoms. The second-order valence-corrected chi connectivity index (χ2v) is 7.26. The molecule has 0 saturated heterocycles. The third kappa shape index (κ3) is 4.14. The van der Waals surface area contributed by atoms with Crippen molar-refractivity contribution in [2.24, 2.45) is 5.73 Å². The average Bonchev–Trinajstić information content (AvgIpc) is 2.44. The Balaban J connectivity index is 2.65. The zero-order valence-corrected chi connectivity index (χ0v) is 12.6. The van der Waals surface area contributed by atoms with Crippen molar-refractivity contribution in [3.05, 3.63) is 35.4 Å². The lowest BCUT2D eigenvalue weighted by molar-refractivity contribution is 0.0999. The molecular weight excluding hydrogens is 262 g/mol. The van der Waals surface area contributed by atoms with Crippen molar-refractivity contribution in [1.82, 2.24) is 0 Å². The number of nitrogens with two attached hydrogens (primary N) is 1. The van der Waals surface area contributed by atoms with Crippen molar-refractivity contribution in [3.63, 3.8) is 0 Å². The molecule has 1 aromatic rings. The Morgan fingerprint density at radius 1 is 1.16 bits per heavy atom. The molecule has 0 radical (unpaired) electrons. The summed E-state index contributed by atoms with van der Waals surface area (Å²) >= 11 is 0. The molecule has 0 heterocycles. The van der Waals surface area contributed by atoms with Crippen LogP contribution in [0, 0.1) is 0 Å². The lowest BCUT2D eigenvalue weighted by Gasteiger charge is -2.24. The highest BCUT2D eigenvalue weighted by atomic mass is 28.4. The monoisotopic (exact) mass is 283 g/mol. The van der Waals surface area contributed by atoms with E-state index in [2.05, 4.69) is 0 Å². The van der Waals surface area contributed by atoms with E-state index in [1.165, 1.54) is 0 Å². The minimum absolute atomic E-state index is 0.399. The predicted octanol–water partition coefficient (Wildman–Crippen LogP) is 1.60. The van der Waals surface area contributed by atoms with E-state index < -0.39 is 14.7 Å². The Morgan fingerprint density at radius 3 is 2.26 bits per heavy atom. The Labute approximate surface area is 115 Å². The first-order valence-electron chi connectivity index (χ1n) is 6.11. The second kappa shape index (κ2) is 7.39. The first-order chi connectivity index (χ1) is 9.08. The van der Waals surface area contributed by atoms with Crippen molar-refractivity contribution in [2.75, 3.05) is 21.3 Å². The number of benzene rings is 1. The smallest absolute Gasteiger partial charge is 0.377 e. The van der Waals surface area contributed by atoms with Gasteiger partial charge in [0.2, 0.25) is 5.91 Å². The van der Waals surface area contributed by atoms with Crippen LogP contribution in [0.25, 0.3) is 0 Å². The van der Waals surface area contributed by atoms with Gasteiger partial charge in [0.25, 0.3) is 0 Å². The van der Waals surface area contributed by atoms with Crippen LogP contribution in [-0.2, 0) is 19.7 Å². The minimum Gasteiger partial charge on any atom is -0.377 e. The molecule has 0 bridgehead atoms. The number of primary amides is 1. The summed E-state index contributed by atoms with van der Waals surface area (Å²) in [6, 6.07) is 8.06. The van der Waals surface area contributed by atoms with Gasteiger partial charge in [-0.3, -0.25) is 4.79 Å². The van der Waals surface area contributed by atoms with E-state index in [0.717, 1.165) is 18.4 Å². The topological polar surface area (TPSA) is 70.8 Å². The van der Waals surface area contributed by atoms with Gasteiger partial charge in [-0.15, -0.1) is 0 Å². The molecule has 0 atom stereocenters. The summed E-state index contributed by atoms with van der Waals surface area (Å²) < 4.78 is 16.1. The normalized spacial score (nSPS) is 11.5. The van der Waals surface area contributed by atoms with E-state index in [0.29, 0.717) is 11.6 Å². The summed E-state index contributed by atoms with van der Waals surface area (Å²) in [5, 5.41) is 0. The van der Waals surface area contributed by atoms with E-state index in [4.69, 9.17) is 19.0 Å². The van der Waals surface area contributed by atoms with Crippen molar-refractivity contribution in [3.8, 4) is 0 Å². The fourth-order valence-electron chi connectivity index (χ4n) is 2.03. The predicted molar refractivity (Wildman–Crippen MR) is 74.9 cm³/mol. The van der Waals surface area contributed by atoms with E-state index in [-0.39, 0.29) is 0 Å². The van der Waals surface area contributed by atoms with Crippen LogP contribution in [0.4, 0.5) is 0 Å². The van der Waals surface area contributed by atoms with E-state index in [1.54, 1.807) is 27.4 Å². The zero-order valence-electron chi connectivity index (χ0n) is 11.6. The first kappa shape index (κ1) is 15.8. The summed E-state index contributed by atoms with van der Waals surface area (Å²) in [4.78, 5) is 11.3. The van der Waals surface area contributed by atoms with Crippen LogP contribution in [-0.4, -0.2) is 36.0 Å². The van der Waals surface area contributed by atoms with Crippen LogP contribution in [0.5, 0.6) is 0 Å². The Bertz CT molecular complexity index is 413.